The monoisotopic (exact) mass is 239 g/mol. The van der Waals surface area contributed by atoms with E-state index < -0.39 is 11.9 Å². The molecule has 0 radical (unpaired) electrons. The molecule has 1 aromatic heterocycles. The quantitative estimate of drug-likeness (QED) is 0.778. The molecule has 94 valence electrons. The predicted molar refractivity (Wildman–Crippen MR) is 63.2 cm³/mol. The van der Waals surface area contributed by atoms with E-state index >= 15 is 0 Å². The van der Waals surface area contributed by atoms with E-state index in [1.807, 2.05) is 6.92 Å². The molecular weight excluding hydrogens is 222 g/mol. The van der Waals surface area contributed by atoms with Crippen LogP contribution >= 0.6 is 0 Å². The first-order valence-corrected chi connectivity index (χ1v) is 5.48. The molecule has 0 aliphatic carbocycles. The maximum absolute atomic E-state index is 10.7. The molecule has 2 N–H and O–H groups in total. The highest BCUT2D eigenvalue weighted by Gasteiger charge is 2.11. The van der Waals surface area contributed by atoms with Crippen molar-refractivity contribution in [3.63, 3.8) is 0 Å². The van der Waals surface area contributed by atoms with E-state index in [1.54, 1.807) is 19.9 Å². The van der Waals surface area contributed by atoms with Gasteiger partial charge >= 0.3 is 5.97 Å². The number of anilines is 1. The van der Waals surface area contributed by atoms with Gasteiger partial charge in [-0.2, -0.15) is 4.98 Å². The summed E-state index contributed by atoms with van der Waals surface area (Å²) in [5, 5.41) is 11.7. The fourth-order valence-electron chi connectivity index (χ4n) is 1.20. The summed E-state index contributed by atoms with van der Waals surface area (Å²) in [5.74, 6) is 0.343. The SMILES string of the molecule is CCOc1cc(NCC(C)C(=O)O)nc(C)n1. The van der Waals surface area contributed by atoms with Gasteiger partial charge in [0.05, 0.1) is 12.5 Å². The van der Waals surface area contributed by atoms with E-state index in [4.69, 9.17) is 9.84 Å². The van der Waals surface area contributed by atoms with Gasteiger partial charge in [-0.15, -0.1) is 0 Å². The van der Waals surface area contributed by atoms with E-state index in [2.05, 4.69) is 15.3 Å². The van der Waals surface area contributed by atoms with E-state index in [9.17, 15) is 4.79 Å². The van der Waals surface area contributed by atoms with Crippen molar-refractivity contribution in [3.05, 3.63) is 11.9 Å². The Bertz CT molecular complexity index is 396. The van der Waals surface area contributed by atoms with Crippen LogP contribution in [0.25, 0.3) is 0 Å². The second kappa shape index (κ2) is 6.03. The van der Waals surface area contributed by atoms with Gasteiger partial charge < -0.3 is 15.2 Å². The zero-order valence-electron chi connectivity index (χ0n) is 10.2. The lowest BCUT2D eigenvalue weighted by Gasteiger charge is -2.10. The zero-order chi connectivity index (χ0) is 12.8. The Morgan fingerprint density at radius 3 is 2.88 bits per heavy atom. The molecule has 0 spiro atoms. The first kappa shape index (κ1) is 13.2. The minimum Gasteiger partial charge on any atom is -0.481 e. The molecule has 0 aliphatic heterocycles. The Morgan fingerprint density at radius 2 is 2.29 bits per heavy atom. The highest BCUT2D eigenvalue weighted by atomic mass is 16.5. The molecule has 0 saturated carbocycles. The zero-order valence-corrected chi connectivity index (χ0v) is 10.2. The number of aliphatic carboxylic acids is 1. The molecule has 1 rings (SSSR count). The molecule has 1 unspecified atom stereocenters. The van der Waals surface area contributed by atoms with Crippen LogP contribution in [0.1, 0.15) is 19.7 Å². The van der Waals surface area contributed by atoms with Crippen LogP contribution in [-0.4, -0.2) is 34.2 Å². The molecule has 0 bridgehead atoms. The predicted octanol–water partition coefficient (Wildman–Crippen LogP) is 1.32. The average molecular weight is 239 g/mol. The van der Waals surface area contributed by atoms with Crippen LogP contribution in [0.5, 0.6) is 5.88 Å². The highest BCUT2D eigenvalue weighted by Crippen LogP contribution is 2.13. The number of carbonyl (C=O) groups is 1. The standard InChI is InChI=1S/C11H17N3O3/c1-4-17-10-5-9(13-8(3)14-10)12-6-7(2)11(15)16/h5,7H,4,6H2,1-3H3,(H,15,16)(H,12,13,14). The van der Waals surface area contributed by atoms with Crippen molar-refractivity contribution in [2.24, 2.45) is 5.92 Å². The van der Waals surface area contributed by atoms with Crippen LogP contribution in [0.4, 0.5) is 5.82 Å². The van der Waals surface area contributed by atoms with E-state index in [-0.39, 0.29) is 0 Å². The molecule has 0 aromatic carbocycles. The molecule has 1 aromatic rings. The average Bonchev–Trinajstić information content (AvgIpc) is 2.25. The topological polar surface area (TPSA) is 84.3 Å². The lowest BCUT2D eigenvalue weighted by atomic mass is 10.2. The Labute approximate surface area is 100 Å². The summed E-state index contributed by atoms with van der Waals surface area (Å²) in [6, 6.07) is 1.66. The summed E-state index contributed by atoms with van der Waals surface area (Å²) in [4.78, 5) is 18.9. The molecule has 1 atom stereocenters. The van der Waals surface area contributed by atoms with Crippen LogP contribution in [0.3, 0.4) is 0 Å². The molecule has 17 heavy (non-hydrogen) atoms. The van der Waals surface area contributed by atoms with Crippen LogP contribution in [-0.2, 0) is 4.79 Å². The van der Waals surface area contributed by atoms with Gasteiger partial charge in [0.25, 0.3) is 0 Å². The van der Waals surface area contributed by atoms with Crippen LogP contribution in [0, 0.1) is 12.8 Å². The number of rotatable bonds is 6. The first-order valence-electron chi connectivity index (χ1n) is 5.48. The normalized spacial score (nSPS) is 11.9. The van der Waals surface area contributed by atoms with E-state index in [0.717, 1.165) is 0 Å². The Kier molecular flexibility index (Phi) is 4.68. The van der Waals surface area contributed by atoms with Crippen LogP contribution in [0.15, 0.2) is 6.07 Å². The lowest BCUT2D eigenvalue weighted by molar-refractivity contribution is -0.140. The number of ether oxygens (including phenoxy) is 1. The van der Waals surface area contributed by atoms with Crippen molar-refractivity contribution < 1.29 is 14.6 Å². The van der Waals surface area contributed by atoms with Gasteiger partial charge in [0, 0.05) is 12.6 Å². The van der Waals surface area contributed by atoms with Crippen molar-refractivity contribution in [3.8, 4) is 5.88 Å². The Morgan fingerprint density at radius 1 is 1.59 bits per heavy atom. The fourth-order valence-corrected chi connectivity index (χ4v) is 1.20. The van der Waals surface area contributed by atoms with Crippen molar-refractivity contribution in [1.29, 1.82) is 0 Å². The van der Waals surface area contributed by atoms with E-state index in [1.165, 1.54) is 0 Å². The third-order valence-electron chi connectivity index (χ3n) is 2.12. The maximum atomic E-state index is 10.7. The molecule has 0 saturated heterocycles. The smallest absolute Gasteiger partial charge is 0.308 e. The second-order valence-corrected chi connectivity index (χ2v) is 3.69. The Hall–Kier alpha value is -1.85. The van der Waals surface area contributed by atoms with E-state index in [0.29, 0.717) is 30.7 Å². The number of hydrogen-bond acceptors (Lipinski definition) is 5. The van der Waals surface area contributed by atoms with Gasteiger partial charge in [0.1, 0.15) is 11.6 Å². The summed E-state index contributed by atoms with van der Waals surface area (Å²) in [6.07, 6.45) is 0. The first-order chi connectivity index (χ1) is 8.02. The maximum Gasteiger partial charge on any atom is 0.308 e. The number of aromatic nitrogens is 2. The molecular formula is C11H17N3O3. The third kappa shape index (κ3) is 4.26. The summed E-state index contributed by atoms with van der Waals surface area (Å²) < 4.78 is 5.27. The summed E-state index contributed by atoms with van der Waals surface area (Å²) in [7, 11) is 0. The third-order valence-corrected chi connectivity index (χ3v) is 2.12. The van der Waals surface area contributed by atoms with Crippen molar-refractivity contribution in [2.75, 3.05) is 18.5 Å². The number of hydrogen-bond donors (Lipinski definition) is 2. The minimum absolute atomic E-state index is 0.317. The summed E-state index contributed by atoms with van der Waals surface area (Å²) >= 11 is 0. The van der Waals surface area contributed by atoms with Gasteiger partial charge in [-0.25, -0.2) is 4.98 Å². The van der Waals surface area contributed by atoms with Crippen molar-refractivity contribution in [2.45, 2.75) is 20.8 Å². The number of nitrogens with zero attached hydrogens (tertiary/aromatic N) is 2. The van der Waals surface area contributed by atoms with Crippen LogP contribution in [0.2, 0.25) is 0 Å². The number of nitrogens with one attached hydrogen (secondary N) is 1. The van der Waals surface area contributed by atoms with Crippen molar-refractivity contribution >= 4 is 11.8 Å². The number of carboxylic acid groups (broad SMARTS) is 1. The molecule has 0 aliphatic rings. The molecule has 6 heteroatoms. The molecule has 6 nitrogen and oxygen atoms in total. The number of aryl methyl sites for hydroxylation is 1. The highest BCUT2D eigenvalue weighted by molar-refractivity contribution is 5.70. The molecule has 1 heterocycles. The lowest BCUT2D eigenvalue weighted by Crippen LogP contribution is -2.20. The van der Waals surface area contributed by atoms with Gasteiger partial charge in [-0.3, -0.25) is 4.79 Å². The number of carboxylic acids is 1. The van der Waals surface area contributed by atoms with Gasteiger partial charge in [-0.05, 0) is 13.8 Å². The second-order valence-electron chi connectivity index (χ2n) is 3.69. The minimum atomic E-state index is -0.840. The van der Waals surface area contributed by atoms with Crippen LogP contribution < -0.4 is 10.1 Å². The summed E-state index contributed by atoms with van der Waals surface area (Å²) in [6.45, 7) is 6.11. The largest absolute Gasteiger partial charge is 0.481 e. The van der Waals surface area contributed by atoms with Gasteiger partial charge in [0.2, 0.25) is 5.88 Å². The Balaban J connectivity index is 2.67. The molecule has 0 fully saturated rings. The fraction of sp³-hybridized carbons (Fsp3) is 0.545. The molecule has 0 amide bonds. The van der Waals surface area contributed by atoms with Gasteiger partial charge in [0.15, 0.2) is 0 Å². The van der Waals surface area contributed by atoms with Crippen molar-refractivity contribution in [1.82, 2.24) is 9.97 Å². The van der Waals surface area contributed by atoms with Gasteiger partial charge in [-0.1, -0.05) is 6.92 Å². The summed E-state index contributed by atoms with van der Waals surface area (Å²) in [5.41, 5.74) is 0.